The van der Waals surface area contributed by atoms with Crippen LogP contribution in [-0.4, -0.2) is 47.5 Å². The van der Waals surface area contributed by atoms with E-state index >= 15 is 0 Å². The van der Waals surface area contributed by atoms with Gasteiger partial charge in [-0.1, -0.05) is 13.8 Å². The van der Waals surface area contributed by atoms with Gasteiger partial charge in [-0.05, 0) is 86.9 Å². The van der Waals surface area contributed by atoms with Crippen LogP contribution >= 0.6 is 17.0 Å². The lowest BCUT2D eigenvalue weighted by molar-refractivity contribution is -0.209. The number of hydrazine groups is 1. The number of hydrogen-bond acceptors (Lipinski definition) is 6. The second-order valence-electron chi connectivity index (χ2n) is 11.2. The highest BCUT2D eigenvalue weighted by Crippen LogP contribution is 2.68. The first-order chi connectivity index (χ1) is 13.9. The number of nitrogens with zero attached hydrogens (tertiary/aromatic N) is 1. The van der Waals surface area contributed by atoms with Gasteiger partial charge in [-0.25, -0.2) is 5.43 Å². The summed E-state index contributed by atoms with van der Waals surface area (Å²) in [5.74, 6) is 3.02. The molecule has 1 heterocycles. The predicted molar refractivity (Wildman–Crippen MR) is 124 cm³/mol. The molecule has 6 nitrogen and oxygen atoms in total. The molecule has 0 aromatic carbocycles. The fraction of sp³-hybridized carbons (Fsp3) is 0.957. The van der Waals surface area contributed by atoms with Crippen LogP contribution in [0, 0.1) is 34.5 Å². The zero-order valence-electron chi connectivity index (χ0n) is 18.6. The Morgan fingerprint density at radius 2 is 1.90 bits per heavy atom. The predicted octanol–water partition coefficient (Wildman–Crippen LogP) is 2.75. The van der Waals surface area contributed by atoms with Crippen LogP contribution in [0.2, 0.25) is 0 Å². The van der Waals surface area contributed by atoms with E-state index in [9.17, 15) is 10.2 Å². The molecule has 0 spiro atoms. The van der Waals surface area contributed by atoms with Crippen molar-refractivity contribution in [1.82, 2.24) is 16.2 Å². The maximum atomic E-state index is 12.2. The third-order valence-electron chi connectivity index (χ3n) is 10.2. The summed E-state index contributed by atoms with van der Waals surface area (Å²) in [6.45, 7) is 7.48. The lowest BCUT2D eigenvalue weighted by Crippen LogP contribution is -2.63. The third kappa shape index (κ3) is 3.34. The maximum Gasteiger partial charge on any atom is 0.206 e. The van der Waals surface area contributed by atoms with Crippen molar-refractivity contribution in [2.45, 2.75) is 83.3 Å². The van der Waals surface area contributed by atoms with E-state index < -0.39 is 5.60 Å². The van der Waals surface area contributed by atoms with Crippen molar-refractivity contribution in [2.75, 3.05) is 19.6 Å². The van der Waals surface area contributed by atoms with Crippen LogP contribution in [0.25, 0.3) is 0 Å². The number of guanidine groups is 1. The topological polar surface area (TPSA) is 88.9 Å². The van der Waals surface area contributed by atoms with Crippen LogP contribution in [0.1, 0.15) is 71.6 Å². The fourth-order valence-corrected chi connectivity index (χ4v) is 8.38. The van der Waals surface area contributed by atoms with Gasteiger partial charge in [0.05, 0.1) is 18.2 Å². The molecular formula is C23H41BrN4O2. The smallest absolute Gasteiger partial charge is 0.206 e. The van der Waals surface area contributed by atoms with Crippen molar-refractivity contribution >= 4 is 22.9 Å². The van der Waals surface area contributed by atoms with E-state index in [1.165, 1.54) is 12.8 Å². The number of halogens is 1. The molecule has 0 bridgehead atoms. The average Bonchev–Trinajstić information content (AvgIpc) is 3.30. The SMILES string of the molecule is Br.C[C@]12CCC(O)CC1CC[C@@H]1[C@H]2CC[C@]2(C)C(CNNC3=NCCN3)CC[C@@]12O. The summed E-state index contributed by atoms with van der Waals surface area (Å²) < 4.78 is 0. The Labute approximate surface area is 191 Å². The molecule has 30 heavy (non-hydrogen) atoms. The minimum atomic E-state index is -0.532. The van der Waals surface area contributed by atoms with Crippen LogP contribution in [0.15, 0.2) is 4.99 Å². The zero-order valence-corrected chi connectivity index (χ0v) is 20.3. The Hall–Kier alpha value is -0.370. The number of aliphatic hydroxyl groups is 2. The Balaban J connectivity index is 0.00000218. The molecule has 8 atom stereocenters. The molecule has 1 aliphatic heterocycles. The maximum absolute atomic E-state index is 12.2. The molecule has 0 aromatic rings. The normalized spacial score (nSPS) is 49.7. The molecule has 4 saturated carbocycles. The van der Waals surface area contributed by atoms with Crippen molar-refractivity contribution in [3.05, 3.63) is 0 Å². The second kappa shape index (κ2) is 8.20. The first-order valence-electron chi connectivity index (χ1n) is 12.0. The average molecular weight is 486 g/mol. The quantitative estimate of drug-likeness (QED) is 0.397. The molecule has 0 saturated heterocycles. The molecular weight excluding hydrogens is 444 g/mol. The summed E-state index contributed by atoms with van der Waals surface area (Å²) in [5.41, 5.74) is 6.38. The molecule has 0 radical (unpaired) electrons. The number of rotatable bonds is 3. The minimum Gasteiger partial charge on any atom is -0.393 e. The molecule has 172 valence electrons. The van der Waals surface area contributed by atoms with Gasteiger partial charge in [-0.15, -0.1) is 17.0 Å². The Morgan fingerprint density at radius 3 is 2.67 bits per heavy atom. The lowest BCUT2D eigenvalue weighted by atomic mass is 9.43. The summed E-state index contributed by atoms with van der Waals surface area (Å²) in [5, 5.41) is 25.6. The van der Waals surface area contributed by atoms with Gasteiger partial charge in [0.15, 0.2) is 0 Å². The largest absolute Gasteiger partial charge is 0.393 e. The van der Waals surface area contributed by atoms with Gasteiger partial charge < -0.3 is 15.5 Å². The van der Waals surface area contributed by atoms with Crippen LogP contribution in [0.5, 0.6) is 0 Å². The van der Waals surface area contributed by atoms with Gasteiger partial charge in [0.2, 0.25) is 5.96 Å². The number of hydrogen-bond donors (Lipinski definition) is 5. The van der Waals surface area contributed by atoms with Crippen LogP contribution in [0.3, 0.4) is 0 Å². The lowest BCUT2D eigenvalue weighted by Gasteiger charge is -2.63. The van der Waals surface area contributed by atoms with Gasteiger partial charge >= 0.3 is 0 Å². The summed E-state index contributed by atoms with van der Waals surface area (Å²) >= 11 is 0. The zero-order chi connectivity index (χ0) is 20.3. The molecule has 5 rings (SSSR count). The van der Waals surface area contributed by atoms with Crippen molar-refractivity contribution < 1.29 is 10.2 Å². The van der Waals surface area contributed by atoms with Crippen LogP contribution in [0.4, 0.5) is 0 Å². The highest BCUT2D eigenvalue weighted by molar-refractivity contribution is 8.93. The van der Waals surface area contributed by atoms with Gasteiger partial charge in [0, 0.05) is 18.5 Å². The minimum absolute atomic E-state index is 0. The van der Waals surface area contributed by atoms with E-state index in [0.717, 1.165) is 70.5 Å². The first kappa shape index (κ1) is 22.8. The fourth-order valence-electron chi connectivity index (χ4n) is 8.38. The third-order valence-corrected chi connectivity index (χ3v) is 10.2. The molecule has 4 fully saturated rings. The highest BCUT2D eigenvalue weighted by atomic mass is 79.9. The van der Waals surface area contributed by atoms with E-state index in [1.54, 1.807) is 0 Å². The number of fused-ring (bicyclic) bond motifs is 5. The van der Waals surface area contributed by atoms with Crippen molar-refractivity contribution in [3.8, 4) is 0 Å². The Kier molecular flexibility index (Phi) is 6.23. The highest BCUT2D eigenvalue weighted by Gasteiger charge is 2.66. The molecule has 3 unspecified atom stereocenters. The Bertz CT molecular complexity index is 678. The molecule has 5 N–H and O–H groups in total. The van der Waals surface area contributed by atoms with E-state index in [4.69, 9.17) is 0 Å². The van der Waals surface area contributed by atoms with Crippen molar-refractivity contribution in [3.63, 3.8) is 0 Å². The number of aliphatic imine (C=N–C) groups is 1. The van der Waals surface area contributed by atoms with Crippen LogP contribution in [-0.2, 0) is 0 Å². The van der Waals surface area contributed by atoms with Gasteiger partial charge in [-0.3, -0.25) is 10.4 Å². The summed E-state index contributed by atoms with van der Waals surface area (Å²) in [6, 6.07) is 0. The van der Waals surface area contributed by atoms with Gasteiger partial charge in [0.1, 0.15) is 0 Å². The van der Waals surface area contributed by atoms with Gasteiger partial charge in [0.25, 0.3) is 0 Å². The summed E-state index contributed by atoms with van der Waals surface area (Å²) in [6.07, 6.45) is 9.70. The monoisotopic (exact) mass is 484 g/mol. The standard InChI is InChI=1S/C23H40N4O2.BrH/c1-21-8-6-17(28)13-15(21)3-4-19-18(21)7-9-22(2)16(5-10-23(19,22)29)14-26-27-20-24-11-12-25-20;/h15-19,26,28-29H,3-14H2,1-2H3,(H2,24,25,27);1H/t15?,16?,17?,18-,19-,21+,22-,23-;/m1./s1. The van der Waals surface area contributed by atoms with E-state index in [-0.39, 0.29) is 28.5 Å². The second-order valence-corrected chi connectivity index (χ2v) is 11.2. The van der Waals surface area contributed by atoms with Gasteiger partial charge in [-0.2, -0.15) is 0 Å². The van der Waals surface area contributed by atoms with E-state index in [1.807, 2.05) is 0 Å². The molecule has 4 aliphatic carbocycles. The molecule has 0 amide bonds. The molecule has 5 aliphatic rings. The number of aliphatic hydroxyl groups excluding tert-OH is 1. The summed E-state index contributed by atoms with van der Waals surface area (Å²) in [7, 11) is 0. The number of nitrogens with one attached hydrogen (secondary N) is 3. The van der Waals surface area contributed by atoms with E-state index in [0.29, 0.717) is 29.1 Å². The summed E-state index contributed by atoms with van der Waals surface area (Å²) in [4.78, 5) is 4.38. The molecule has 7 heteroatoms. The Morgan fingerprint density at radius 1 is 1.07 bits per heavy atom. The molecule has 0 aromatic heterocycles. The first-order valence-corrected chi connectivity index (χ1v) is 12.0. The van der Waals surface area contributed by atoms with Crippen molar-refractivity contribution in [2.24, 2.45) is 39.5 Å². The van der Waals surface area contributed by atoms with Crippen molar-refractivity contribution in [1.29, 1.82) is 0 Å². The van der Waals surface area contributed by atoms with Crippen LogP contribution < -0.4 is 16.2 Å². The van der Waals surface area contributed by atoms with E-state index in [2.05, 4.69) is 35.0 Å².